The Bertz CT molecular complexity index is 587. The van der Waals surface area contributed by atoms with Crippen LogP contribution in [0.25, 0.3) is 0 Å². The van der Waals surface area contributed by atoms with Crippen LogP contribution in [0.15, 0.2) is 18.2 Å². The summed E-state index contributed by atoms with van der Waals surface area (Å²) in [6.07, 6.45) is 6.87. The highest BCUT2D eigenvalue weighted by atomic mass is 16.2. The van der Waals surface area contributed by atoms with E-state index in [2.05, 4.69) is 36.9 Å². The van der Waals surface area contributed by atoms with Gasteiger partial charge in [-0.1, -0.05) is 24.6 Å². The Morgan fingerprint density at radius 2 is 1.76 bits per heavy atom. The van der Waals surface area contributed by atoms with Gasteiger partial charge < -0.3 is 15.5 Å². The summed E-state index contributed by atoms with van der Waals surface area (Å²) in [6, 6.07) is 6.61. The van der Waals surface area contributed by atoms with Crippen molar-refractivity contribution in [3.63, 3.8) is 0 Å². The Balaban J connectivity index is 1.50. The van der Waals surface area contributed by atoms with Gasteiger partial charge in [-0.25, -0.2) is 0 Å². The van der Waals surface area contributed by atoms with Crippen LogP contribution in [-0.4, -0.2) is 54.0 Å². The zero-order valence-corrected chi connectivity index (χ0v) is 15.8. The van der Waals surface area contributed by atoms with Crippen molar-refractivity contribution in [2.45, 2.75) is 64.5 Å². The smallest absolute Gasteiger partial charge is 0.239 e. The maximum atomic E-state index is 12.7. The molecule has 0 aromatic heterocycles. The molecule has 138 valence electrons. The van der Waals surface area contributed by atoms with E-state index in [0.717, 1.165) is 31.5 Å². The second kappa shape index (κ2) is 8.33. The van der Waals surface area contributed by atoms with Crippen LogP contribution >= 0.6 is 0 Å². The summed E-state index contributed by atoms with van der Waals surface area (Å²) in [7, 11) is 0. The standard InChI is InChI=1S/C21H33N3O/c1-16-6-7-18(14-17(16)2)15-20(22)21(25)24-12-8-19(9-13-24)23-10-4-3-5-11-23/h6-7,14,19-20H,3-5,8-13,15,22H2,1-2H3. The third-order valence-corrected chi connectivity index (χ3v) is 6.03. The van der Waals surface area contributed by atoms with Gasteiger partial charge in [0, 0.05) is 19.1 Å². The molecule has 2 saturated heterocycles. The van der Waals surface area contributed by atoms with Crippen LogP contribution in [0.1, 0.15) is 48.8 Å². The predicted octanol–water partition coefficient (Wildman–Crippen LogP) is 2.65. The van der Waals surface area contributed by atoms with Gasteiger partial charge in [-0.15, -0.1) is 0 Å². The molecule has 0 spiro atoms. The minimum atomic E-state index is -0.423. The molecule has 1 aromatic carbocycles. The van der Waals surface area contributed by atoms with Crippen molar-refractivity contribution in [3.05, 3.63) is 34.9 Å². The summed E-state index contributed by atoms with van der Waals surface area (Å²) in [5.74, 6) is 0.121. The molecule has 3 rings (SSSR count). The fraction of sp³-hybridized carbons (Fsp3) is 0.667. The summed E-state index contributed by atoms with van der Waals surface area (Å²) in [6.45, 7) is 8.42. The van der Waals surface area contributed by atoms with Crippen LogP contribution in [0.5, 0.6) is 0 Å². The summed E-state index contributed by atoms with van der Waals surface area (Å²) >= 11 is 0. The Labute approximate surface area is 152 Å². The largest absolute Gasteiger partial charge is 0.341 e. The molecule has 1 aromatic rings. The predicted molar refractivity (Wildman–Crippen MR) is 103 cm³/mol. The van der Waals surface area contributed by atoms with Gasteiger partial charge in [-0.05, 0) is 75.7 Å². The van der Waals surface area contributed by atoms with Crippen molar-refractivity contribution in [2.75, 3.05) is 26.2 Å². The van der Waals surface area contributed by atoms with E-state index in [1.54, 1.807) is 0 Å². The van der Waals surface area contributed by atoms with Gasteiger partial charge in [0.2, 0.25) is 5.91 Å². The maximum absolute atomic E-state index is 12.7. The number of piperidine rings is 2. The number of nitrogens with two attached hydrogens (primary N) is 1. The average Bonchev–Trinajstić information content (AvgIpc) is 2.65. The molecule has 25 heavy (non-hydrogen) atoms. The molecule has 0 aliphatic carbocycles. The lowest BCUT2D eigenvalue weighted by atomic mass is 9.98. The minimum absolute atomic E-state index is 0.121. The van der Waals surface area contributed by atoms with Crippen LogP contribution in [0.4, 0.5) is 0 Å². The van der Waals surface area contributed by atoms with E-state index in [0.29, 0.717) is 12.5 Å². The Morgan fingerprint density at radius 1 is 1.08 bits per heavy atom. The molecular weight excluding hydrogens is 310 g/mol. The number of hydrogen-bond acceptors (Lipinski definition) is 3. The molecular formula is C21H33N3O. The average molecular weight is 344 g/mol. The maximum Gasteiger partial charge on any atom is 0.239 e. The van der Waals surface area contributed by atoms with Crippen LogP contribution in [0.3, 0.4) is 0 Å². The molecule has 0 bridgehead atoms. The summed E-state index contributed by atoms with van der Waals surface area (Å²) < 4.78 is 0. The van der Waals surface area contributed by atoms with E-state index in [9.17, 15) is 4.79 Å². The molecule has 1 atom stereocenters. The van der Waals surface area contributed by atoms with Crippen molar-refractivity contribution < 1.29 is 4.79 Å². The fourth-order valence-electron chi connectivity index (χ4n) is 4.24. The van der Waals surface area contributed by atoms with Gasteiger partial charge in [0.1, 0.15) is 0 Å². The lowest BCUT2D eigenvalue weighted by molar-refractivity contribution is -0.134. The monoisotopic (exact) mass is 343 g/mol. The van der Waals surface area contributed by atoms with E-state index in [1.807, 2.05) is 4.90 Å². The molecule has 0 saturated carbocycles. The fourth-order valence-corrected chi connectivity index (χ4v) is 4.24. The minimum Gasteiger partial charge on any atom is -0.341 e. The first-order valence-corrected chi connectivity index (χ1v) is 9.89. The van der Waals surface area contributed by atoms with Crippen LogP contribution < -0.4 is 5.73 Å². The molecule has 2 fully saturated rings. The van der Waals surface area contributed by atoms with Gasteiger partial charge in [0.25, 0.3) is 0 Å². The van der Waals surface area contributed by atoms with Crippen molar-refractivity contribution in [3.8, 4) is 0 Å². The number of amides is 1. The summed E-state index contributed by atoms with van der Waals surface area (Å²) in [5, 5.41) is 0. The van der Waals surface area contributed by atoms with Gasteiger partial charge in [0.15, 0.2) is 0 Å². The number of likely N-dealkylation sites (tertiary alicyclic amines) is 2. The zero-order valence-electron chi connectivity index (χ0n) is 15.8. The summed E-state index contributed by atoms with van der Waals surface area (Å²) in [4.78, 5) is 17.4. The Morgan fingerprint density at radius 3 is 2.40 bits per heavy atom. The number of aryl methyl sites for hydroxylation is 2. The highest BCUT2D eigenvalue weighted by Crippen LogP contribution is 2.21. The first kappa shape index (κ1) is 18.4. The van der Waals surface area contributed by atoms with Crippen molar-refractivity contribution in [2.24, 2.45) is 5.73 Å². The van der Waals surface area contributed by atoms with Gasteiger partial charge in [-0.2, -0.15) is 0 Å². The van der Waals surface area contributed by atoms with E-state index in [-0.39, 0.29) is 5.91 Å². The van der Waals surface area contributed by atoms with E-state index in [1.165, 1.54) is 43.5 Å². The Hall–Kier alpha value is -1.39. The molecule has 2 N–H and O–H groups in total. The number of carbonyl (C=O) groups is 1. The number of carbonyl (C=O) groups excluding carboxylic acids is 1. The van der Waals surface area contributed by atoms with Crippen molar-refractivity contribution in [1.82, 2.24) is 9.80 Å². The van der Waals surface area contributed by atoms with Gasteiger partial charge in [-0.3, -0.25) is 4.79 Å². The normalized spacial score (nSPS) is 21.3. The van der Waals surface area contributed by atoms with Crippen LogP contribution in [0.2, 0.25) is 0 Å². The number of benzene rings is 1. The zero-order chi connectivity index (χ0) is 17.8. The van der Waals surface area contributed by atoms with E-state index >= 15 is 0 Å². The second-order valence-electron chi connectivity index (χ2n) is 7.88. The Kier molecular flexibility index (Phi) is 6.13. The van der Waals surface area contributed by atoms with Gasteiger partial charge in [0.05, 0.1) is 6.04 Å². The number of hydrogen-bond donors (Lipinski definition) is 1. The quantitative estimate of drug-likeness (QED) is 0.914. The van der Waals surface area contributed by atoms with Crippen molar-refractivity contribution >= 4 is 5.91 Å². The molecule has 4 heteroatoms. The highest BCUT2D eigenvalue weighted by molar-refractivity contribution is 5.82. The number of rotatable bonds is 4. The van der Waals surface area contributed by atoms with E-state index < -0.39 is 6.04 Å². The molecule has 4 nitrogen and oxygen atoms in total. The summed E-state index contributed by atoms with van der Waals surface area (Å²) in [5.41, 5.74) is 9.95. The third-order valence-electron chi connectivity index (χ3n) is 6.03. The molecule has 1 amide bonds. The highest BCUT2D eigenvalue weighted by Gasteiger charge is 2.29. The third kappa shape index (κ3) is 4.62. The lowest BCUT2D eigenvalue weighted by Crippen LogP contribution is -2.52. The van der Waals surface area contributed by atoms with Crippen LogP contribution in [0, 0.1) is 13.8 Å². The molecule has 2 aliphatic heterocycles. The molecule has 1 unspecified atom stereocenters. The second-order valence-corrected chi connectivity index (χ2v) is 7.88. The molecule has 2 aliphatic rings. The SMILES string of the molecule is Cc1ccc(CC(N)C(=O)N2CCC(N3CCCCC3)CC2)cc1C. The topological polar surface area (TPSA) is 49.6 Å². The molecule has 0 radical (unpaired) electrons. The lowest BCUT2D eigenvalue weighted by Gasteiger charge is -2.40. The first-order chi connectivity index (χ1) is 12.0. The van der Waals surface area contributed by atoms with E-state index in [4.69, 9.17) is 5.73 Å². The van der Waals surface area contributed by atoms with Gasteiger partial charge >= 0.3 is 0 Å². The number of nitrogens with zero attached hydrogens (tertiary/aromatic N) is 2. The molecule has 2 heterocycles. The van der Waals surface area contributed by atoms with Crippen LogP contribution in [-0.2, 0) is 11.2 Å². The first-order valence-electron chi connectivity index (χ1n) is 9.89. The van der Waals surface area contributed by atoms with Crippen molar-refractivity contribution in [1.29, 1.82) is 0 Å².